The summed E-state index contributed by atoms with van der Waals surface area (Å²) in [5, 5.41) is 7.34. The lowest BCUT2D eigenvalue weighted by atomic mass is 9.77. The first-order valence-electron chi connectivity index (χ1n) is 6.74. The molecule has 1 saturated carbocycles. The molecule has 1 aliphatic carbocycles. The minimum absolute atomic E-state index is 0.0122. The molecule has 2 N–H and O–H groups in total. The van der Waals surface area contributed by atoms with Gasteiger partial charge in [0, 0.05) is 17.6 Å². The summed E-state index contributed by atoms with van der Waals surface area (Å²) in [4.78, 5) is 11.3. The number of hydrogen-bond acceptors (Lipinski definition) is 3. The summed E-state index contributed by atoms with van der Waals surface area (Å²) in [5.74, 6) is 0. The molecule has 3 nitrogen and oxygen atoms in total. The van der Waals surface area contributed by atoms with Gasteiger partial charge in [-0.2, -0.15) is 0 Å². The van der Waals surface area contributed by atoms with Gasteiger partial charge in [-0.05, 0) is 25.7 Å². The summed E-state index contributed by atoms with van der Waals surface area (Å²) in [7, 11) is 0. The van der Waals surface area contributed by atoms with E-state index in [1.165, 1.54) is 25.7 Å². The van der Waals surface area contributed by atoms with E-state index in [9.17, 15) is 4.79 Å². The Labute approximate surface area is 98.4 Å². The summed E-state index contributed by atoms with van der Waals surface area (Å²) in [5.41, 5.74) is -0.0136. The van der Waals surface area contributed by atoms with Crippen molar-refractivity contribution in [2.75, 3.05) is 0 Å². The fraction of sp³-hybridized carbons (Fsp3) is 0.923. The van der Waals surface area contributed by atoms with Gasteiger partial charge in [0.05, 0.1) is 6.04 Å². The van der Waals surface area contributed by atoms with Gasteiger partial charge in [0.15, 0.2) is 0 Å². The van der Waals surface area contributed by atoms with Crippen LogP contribution in [0.2, 0.25) is 0 Å². The van der Waals surface area contributed by atoms with Crippen LogP contribution in [0.5, 0.6) is 0 Å². The molecule has 0 aromatic heterocycles. The third-order valence-electron chi connectivity index (χ3n) is 4.63. The lowest BCUT2D eigenvalue weighted by Crippen LogP contribution is -2.73. The Kier molecular flexibility index (Phi) is 3.65. The Balaban J connectivity index is 2.16. The number of nitrogens with one attached hydrogen (secondary N) is 2. The maximum absolute atomic E-state index is 11.3. The Hall–Kier alpha value is -0.410. The van der Waals surface area contributed by atoms with Gasteiger partial charge in [-0.3, -0.25) is 0 Å². The Morgan fingerprint density at radius 2 is 1.81 bits per heavy atom. The van der Waals surface area contributed by atoms with Crippen LogP contribution in [0.1, 0.15) is 52.4 Å². The monoisotopic (exact) mass is 224 g/mol. The Bertz CT molecular complexity index is 250. The van der Waals surface area contributed by atoms with Gasteiger partial charge in [-0.25, -0.2) is 0 Å². The highest BCUT2D eigenvalue weighted by molar-refractivity contribution is 5.61. The van der Waals surface area contributed by atoms with Crippen LogP contribution in [0, 0.1) is 0 Å². The van der Waals surface area contributed by atoms with Crippen LogP contribution in [0.15, 0.2) is 0 Å². The van der Waals surface area contributed by atoms with Gasteiger partial charge < -0.3 is 15.4 Å². The van der Waals surface area contributed by atoms with Crippen LogP contribution in [0.3, 0.4) is 0 Å². The normalized spacial score (nSPS) is 37.8. The van der Waals surface area contributed by atoms with E-state index in [1.807, 2.05) is 0 Å². The molecule has 92 valence electrons. The molecule has 0 amide bonds. The number of aldehydes is 1. The van der Waals surface area contributed by atoms with Crippen molar-refractivity contribution < 1.29 is 4.79 Å². The van der Waals surface area contributed by atoms with Crippen molar-refractivity contribution >= 4 is 6.29 Å². The van der Waals surface area contributed by atoms with E-state index < -0.39 is 0 Å². The third-order valence-corrected chi connectivity index (χ3v) is 4.63. The summed E-state index contributed by atoms with van der Waals surface area (Å²) in [6.07, 6.45) is 8.23. The standard InChI is InChI=1S/C13H24N2O/c1-3-13(4-2)12(9-16)14-10-7-5-6-8-11(10)15-13/h9-12,14-15H,3-8H2,1-2H3. The van der Waals surface area contributed by atoms with Crippen LogP contribution in [0.4, 0.5) is 0 Å². The second kappa shape index (κ2) is 4.84. The first-order valence-corrected chi connectivity index (χ1v) is 6.74. The highest BCUT2D eigenvalue weighted by Gasteiger charge is 2.45. The molecule has 1 aliphatic heterocycles. The Morgan fingerprint density at radius 1 is 1.19 bits per heavy atom. The molecule has 0 aromatic carbocycles. The highest BCUT2D eigenvalue weighted by Crippen LogP contribution is 2.30. The van der Waals surface area contributed by atoms with Crippen LogP contribution >= 0.6 is 0 Å². The molecule has 1 saturated heterocycles. The zero-order valence-corrected chi connectivity index (χ0v) is 10.5. The van der Waals surface area contributed by atoms with E-state index in [-0.39, 0.29) is 11.6 Å². The molecular formula is C13H24N2O. The minimum atomic E-state index is -0.0136. The van der Waals surface area contributed by atoms with Gasteiger partial charge >= 0.3 is 0 Å². The van der Waals surface area contributed by atoms with Gasteiger partial charge in [0.2, 0.25) is 0 Å². The van der Waals surface area contributed by atoms with Crippen molar-refractivity contribution in [3.05, 3.63) is 0 Å². The summed E-state index contributed by atoms with van der Waals surface area (Å²) >= 11 is 0. The SMILES string of the molecule is CCC1(CC)NC2CCCCC2NC1C=O. The van der Waals surface area contributed by atoms with Crippen LogP contribution in [0.25, 0.3) is 0 Å². The fourth-order valence-electron chi connectivity index (χ4n) is 3.42. The zero-order valence-electron chi connectivity index (χ0n) is 10.5. The van der Waals surface area contributed by atoms with Crippen molar-refractivity contribution in [2.45, 2.75) is 76.0 Å². The first kappa shape index (κ1) is 12.1. The van der Waals surface area contributed by atoms with Crippen molar-refractivity contribution in [1.82, 2.24) is 10.6 Å². The molecule has 0 radical (unpaired) electrons. The molecule has 2 fully saturated rings. The van der Waals surface area contributed by atoms with Crippen LogP contribution < -0.4 is 10.6 Å². The number of carbonyl (C=O) groups is 1. The van der Waals surface area contributed by atoms with E-state index in [2.05, 4.69) is 24.5 Å². The maximum Gasteiger partial charge on any atom is 0.138 e. The molecule has 1 heterocycles. The van der Waals surface area contributed by atoms with E-state index in [4.69, 9.17) is 0 Å². The summed E-state index contributed by atoms with van der Waals surface area (Å²) in [6, 6.07) is 1.07. The zero-order chi connectivity index (χ0) is 11.6. The average molecular weight is 224 g/mol. The number of piperazine rings is 1. The smallest absolute Gasteiger partial charge is 0.138 e. The lowest BCUT2D eigenvalue weighted by Gasteiger charge is -2.51. The predicted octanol–water partition coefficient (Wildman–Crippen LogP) is 1.62. The molecular weight excluding hydrogens is 200 g/mol. The van der Waals surface area contributed by atoms with Crippen molar-refractivity contribution in [3.8, 4) is 0 Å². The molecule has 0 aromatic rings. The van der Waals surface area contributed by atoms with E-state index >= 15 is 0 Å². The van der Waals surface area contributed by atoms with Crippen LogP contribution in [-0.2, 0) is 4.79 Å². The molecule has 2 rings (SSSR count). The molecule has 16 heavy (non-hydrogen) atoms. The van der Waals surface area contributed by atoms with Crippen molar-refractivity contribution in [2.24, 2.45) is 0 Å². The first-order chi connectivity index (χ1) is 7.75. The van der Waals surface area contributed by atoms with E-state index in [0.29, 0.717) is 12.1 Å². The van der Waals surface area contributed by atoms with Crippen molar-refractivity contribution in [1.29, 1.82) is 0 Å². The number of hydrogen-bond donors (Lipinski definition) is 2. The molecule has 3 atom stereocenters. The maximum atomic E-state index is 11.3. The van der Waals surface area contributed by atoms with Gasteiger partial charge in [0.25, 0.3) is 0 Å². The van der Waals surface area contributed by atoms with E-state index in [1.54, 1.807) is 0 Å². The fourth-order valence-corrected chi connectivity index (χ4v) is 3.42. The van der Waals surface area contributed by atoms with E-state index in [0.717, 1.165) is 19.1 Å². The molecule has 2 aliphatic rings. The quantitative estimate of drug-likeness (QED) is 0.716. The molecule has 3 heteroatoms. The van der Waals surface area contributed by atoms with Crippen molar-refractivity contribution in [3.63, 3.8) is 0 Å². The number of fused-ring (bicyclic) bond motifs is 1. The summed E-state index contributed by atoms with van der Waals surface area (Å²) < 4.78 is 0. The molecule has 0 spiro atoms. The largest absolute Gasteiger partial charge is 0.305 e. The number of rotatable bonds is 3. The number of carbonyl (C=O) groups excluding carboxylic acids is 1. The lowest BCUT2D eigenvalue weighted by molar-refractivity contribution is -0.113. The summed E-state index contributed by atoms with van der Waals surface area (Å²) in [6.45, 7) is 4.36. The third kappa shape index (κ3) is 1.91. The topological polar surface area (TPSA) is 41.1 Å². The second-order valence-electron chi connectivity index (χ2n) is 5.29. The van der Waals surface area contributed by atoms with Gasteiger partial charge in [-0.15, -0.1) is 0 Å². The van der Waals surface area contributed by atoms with Gasteiger partial charge in [-0.1, -0.05) is 26.7 Å². The molecule has 0 bridgehead atoms. The molecule has 3 unspecified atom stereocenters. The van der Waals surface area contributed by atoms with Gasteiger partial charge in [0.1, 0.15) is 6.29 Å². The van der Waals surface area contributed by atoms with Crippen LogP contribution in [-0.4, -0.2) is 30.0 Å². The Morgan fingerprint density at radius 3 is 2.38 bits per heavy atom. The second-order valence-corrected chi connectivity index (χ2v) is 5.29. The highest BCUT2D eigenvalue weighted by atomic mass is 16.1. The minimum Gasteiger partial charge on any atom is -0.305 e. The average Bonchev–Trinajstić information content (AvgIpc) is 2.36. The predicted molar refractivity (Wildman–Crippen MR) is 65.5 cm³/mol.